The molecule has 4 rings (SSSR count). The molecule has 10 heteroatoms. The number of thiophene rings is 1. The van der Waals surface area contributed by atoms with Crippen LogP contribution in [0.15, 0.2) is 51.5 Å². The molecule has 3 aromatic heterocycles. The maximum absolute atomic E-state index is 12.7. The third-order valence-electron chi connectivity index (χ3n) is 4.09. The predicted octanol–water partition coefficient (Wildman–Crippen LogP) is 2.91. The van der Waals surface area contributed by atoms with Crippen LogP contribution >= 0.6 is 22.7 Å². The molecule has 2 N–H and O–H groups in total. The molecule has 29 heavy (non-hydrogen) atoms. The number of amides is 1. The highest BCUT2D eigenvalue weighted by Crippen LogP contribution is 2.29. The summed E-state index contributed by atoms with van der Waals surface area (Å²) in [7, 11) is 0. The van der Waals surface area contributed by atoms with E-state index >= 15 is 0 Å². The van der Waals surface area contributed by atoms with E-state index in [4.69, 9.17) is 4.74 Å². The number of hydrogen-bond donors (Lipinski definition) is 2. The van der Waals surface area contributed by atoms with Gasteiger partial charge >= 0.3 is 5.69 Å². The fourth-order valence-corrected chi connectivity index (χ4v) is 4.34. The molecule has 148 valence electrons. The van der Waals surface area contributed by atoms with Crippen LogP contribution in [0.25, 0.3) is 10.2 Å². The summed E-state index contributed by atoms with van der Waals surface area (Å²) in [5, 5.41) is 4.85. The van der Waals surface area contributed by atoms with Gasteiger partial charge in [-0.05, 0) is 36.6 Å². The summed E-state index contributed by atoms with van der Waals surface area (Å²) in [4.78, 5) is 45.1. The second-order valence-electron chi connectivity index (χ2n) is 6.01. The average molecular weight is 428 g/mol. The van der Waals surface area contributed by atoms with Crippen LogP contribution in [0.1, 0.15) is 22.2 Å². The first-order chi connectivity index (χ1) is 14.0. The van der Waals surface area contributed by atoms with E-state index in [1.165, 1.54) is 22.7 Å². The van der Waals surface area contributed by atoms with Crippen molar-refractivity contribution < 1.29 is 9.53 Å². The van der Waals surface area contributed by atoms with Crippen LogP contribution in [0.2, 0.25) is 0 Å². The van der Waals surface area contributed by atoms with Crippen molar-refractivity contribution >= 4 is 43.9 Å². The lowest BCUT2D eigenvalue weighted by atomic mass is 10.3. The molecule has 1 aromatic carbocycles. The second-order valence-corrected chi connectivity index (χ2v) is 8.08. The first-order valence-electron chi connectivity index (χ1n) is 8.75. The van der Waals surface area contributed by atoms with E-state index in [0.29, 0.717) is 17.3 Å². The van der Waals surface area contributed by atoms with Crippen molar-refractivity contribution in [2.45, 2.75) is 13.5 Å². The third-order valence-corrected chi connectivity index (χ3v) is 5.89. The third kappa shape index (κ3) is 3.98. The Kier molecular flexibility index (Phi) is 5.28. The van der Waals surface area contributed by atoms with Gasteiger partial charge in [-0.25, -0.2) is 9.78 Å². The first-order valence-corrected chi connectivity index (χ1v) is 10.4. The standard InChI is InChI=1S/C19H16N4O4S2/c1-2-27-11-5-6-14-15(8-11)29-18(21-14)22-16(24)13-9-20-19(26)23(17(13)25)10-12-4-3-7-28-12/h3-9H,2,10H2,1H3,(H,20,26)(H,21,22,24). The van der Waals surface area contributed by atoms with Crippen LogP contribution in [0.3, 0.4) is 0 Å². The number of anilines is 1. The Morgan fingerprint density at radius 2 is 2.17 bits per heavy atom. The van der Waals surface area contributed by atoms with Crippen LogP contribution in [-0.2, 0) is 6.54 Å². The number of rotatable bonds is 6. The van der Waals surface area contributed by atoms with Gasteiger partial charge in [0.25, 0.3) is 11.5 Å². The molecule has 0 aliphatic rings. The lowest BCUT2D eigenvalue weighted by Gasteiger charge is -2.05. The van der Waals surface area contributed by atoms with E-state index in [0.717, 1.165) is 26.1 Å². The molecule has 1 amide bonds. The monoisotopic (exact) mass is 428 g/mol. The minimum Gasteiger partial charge on any atom is -0.494 e. The summed E-state index contributed by atoms with van der Waals surface area (Å²) in [6, 6.07) is 9.11. The SMILES string of the molecule is CCOc1ccc2nc(NC(=O)c3c[nH]c(=O)n(Cc4cccs4)c3=O)sc2c1. The minimum absolute atomic E-state index is 0.105. The maximum Gasteiger partial charge on any atom is 0.328 e. The van der Waals surface area contributed by atoms with E-state index in [1.807, 2.05) is 36.6 Å². The Hall–Kier alpha value is -3.24. The molecule has 4 aromatic rings. The molecule has 0 unspecified atom stereocenters. The van der Waals surface area contributed by atoms with Crippen LogP contribution < -0.4 is 21.3 Å². The topological polar surface area (TPSA) is 106 Å². The summed E-state index contributed by atoms with van der Waals surface area (Å²) in [6.07, 6.45) is 1.13. The predicted molar refractivity (Wildman–Crippen MR) is 113 cm³/mol. The highest BCUT2D eigenvalue weighted by molar-refractivity contribution is 7.22. The minimum atomic E-state index is -0.653. The number of nitrogens with zero attached hydrogens (tertiary/aromatic N) is 2. The zero-order chi connectivity index (χ0) is 20.4. The highest BCUT2D eigenvalue weighted by atomic mass is 32.1. The number of H-pyrrole nitrogens is 1. The van der Waals surface area contributed by atoms with Crippen LogP contribution in [0, 0.1) is 0 Å². The van der Waals surface area contributed by atoms with Crippen molar-refractivity contribution in [3.05, 3.63) is 73.2 Å². The number of aromatic nitrogens is 3. The van der Waals surface area contributed by atoms with Gasteiger partial charge in [0.2, 0.25) is 0 Å². The average Bonchev–Trinajstić information content (AvgIpc) is 3.34. The Labute approximate surface area is 172 Å². The molecule has 0 saturated heterocycles. The molecule has 0 spiro atoms. The summed E-state index contributed by atoms with van der Waals surface area (Å²) < 4.78 is 7.33. The van der Waals surface area contributed by atoms with E-state index in [9.17, 15) is 14.4 Å². The van der Waals surface area contributed by atoms with Gasteiger partial charge in [-0.3, -0.25) is 19.5 Å². The molecule has 0 atom stereocenters. The number of ether oxygens (including phenoxy) is 1. The lowest BCUT2D eigenvalue weighted by Crippen LogP contribution is -2.39. The molecule has 0 bridgehead atoms. The second kappa shape index (κ2) is 8.02. The number of carbonyl (C=O) groups excluding carboxylic acids is 1. The van der Waals surface area contributed by atoms with Gasteiger partial charge in [0, 0.05) is 11.1 Å². The van der Waals surface area contributed by atoms with E-state index < -0.39 is 17.2 Å². The summed E-state index contributed by atoms with van der Waals surface area (Å²) >= 11 is 2.70. The molecule has 0 aliphatic carbocycles. The van der Waals surface area contributed by atoms with Crippen molar-refractivity contribution in [1.82, 2.24) is 14.5 Å². The molecule has 0 fully saturated rings. The Morgan fingerprint density at radius 3 is 2.93 bits per heavy atom. The van der Waals surface area contributed by atoms with Crippen molar-refractivity contribution in [2.75, 3.05) is 11.9 Å². The Morgan fingerprint density at radius 1 is 1.31 bits per heavy atom. The van der Waals surface area contributed by atoms with Crippen molar-refractivity contribution in [3.8, 4) is 5.75 Å². The number of aromatic amines is 1. The molecule has 8 nitrogen and oxygen atoms in total. The number of nitrogens with one attached hydrogen (secondary N) is 2. The van der Waals surface area contributed by atoms with Crippen molar-refractivity contribution in [2.24, 2.45) is 0 Å². The van der Waals surface area contributed by atoms with E-state index in [-0.39, 0.29) is 12.1 Å². The van der Waals surface area contributed by atoms with Gasteiger partial charge in [-0.2, -0.15) is 0 Å². The molecular formula is C19H16N4O4S2. The molecule has 0 saturated carbocycles. The molecule has 3 heterocycles. The Balaban J connectivity index is 1.61. The van der Waals surface area contributed by atoms with Crippen molar-refractivity contribution in [1.29, 1.82) is 0 Å². The number of fused-ring (bicyclic) bond motifs is 1. The lowest BCUT2D eigenvalue weighted by molar-refractivity contribution is 0.102. The normalized spacial score (nSPS) is 10.9. The quantitative estimate of drug-likeness (QED) is 0.491. The number of hydrogen-bond acceptors (Lipinski definition) is 7. The number of benzene rings is 1. The molecular weight excluding hydrogens is 412 g/mol. The van der Waals surface area contributed by atoms with Gasteiger partial charge in [-0.15, -0.1) is 11.3 Å². The largest absolute Gasteiger partial charge is 0.494 e. The van der Waals surface area contributed by atoms with Crippen LogP contribution in [0.5, 0.6) is 5.75 Å². The van der Waals surface area contributed by atoms with Gasteiger partial charge < -0.3 is 9.72 Å². The summed E-state index contributed by atoms with van der Waals surface area (Å²) in [6.45, 7) is 2.56. The van der Waals surface area contributed by atoms with E-state index in [1.54, 1.807) is 6.07 Å². The first kappa shape index (κ1) is 19.1. The maximum atomic E-state index is 12.7. The van der Waals surface area contributed by atoms with Crippen LogP contribution in [-0.4, -0.2) is 27.0 Å². The van der Waals surface area contributed by atoms with Crippen LogP contribution in [0.4, 0.5) is 5.13 Å². The molecule has 0 aliphatic heterocycles. The van der Waals surface area contributed by atoms with Gasteiger partial charge in [-0.1, -0.05) is 17.4 Å². The summed E-state index contributed by atoms with van der Waals surface area (Å²) in [5.74, 6) is 0.0916. The van der Waals surface area contributed by atoms with E-state index in [2.05, 4.69) is 15.3 Å². The smallest absolute Gasteiger partial charge is 0.328 e. The molecule has 0 radical (unpaired) electrons. The summed E-state index contributed by atoms with van der Waals surface area (Å²) in [5.41, 5.74) is -0.663. The van der Waals surface area contributed by atoms with Gasteiger partial charge in [0.05, 0.1) is 23.4 Å². The van der Waals surface area contributed by atoms with Gasteiger partial charge in [0.1, 0.15) is 11.3 Å². The number of thiazole rings is 1. The highest BCUT2D eigenvalue weighted by Gasteiger charge is 2.17. The zero-order valence-corrected chi connectivity index (χ0v) is 16.9. The number of carbonyl (C=O) groups is 1. The zero-order valence-electron chi connectivity index (χ0n) is 15.3. The van der Waals surface area contributed by atoms with Gasteiger partial charge in [0.15, 0.2) is 5.13 Å². The van der Waals surface area contributed by atoms with Crippen molar-refractivity contribution in [3.63, 3.8) is 0 Å². The Bertz CT molecular complexity index is 1290. The fourth-order valence-electron chi connectivity index (χ4n) is 2.76. The fraction of sp³-hybridized carbons (Fsp3) is 0.158.